The minimum atomic E-state index is -0.826. The highest BCUT2D eigenvalue weighted by atomic mass is 16.5. The molecule has 156 valence electrons. The minimum absolute atomic E-state index is 0.161. The first-order valence-electron chi connectivity index (χ1n) is 9.76. The van der Waals surface area contributed by atoms with Crippen LogP contribution in [-0.2, 0) is 14.3 Å². The number of anilines is 1. The van der Waals surface area contributed by atoms with Gasteiger partial charge in [0.25, 0.3) is 5.91 Å². The first kappa shape index (κ1) is 22.7. The Labute approximate surface area is 177 Å². The van der Waals surface area contributed by atoms with Gasteiger partial charge in [0.15, 0.2) is 6.61 Å². The van der Waals surface area contributed by atoms with Crippen LogP contribution in [-0.4, -0.2) is 32.6 Å². The highest BCUT2D eigenvalue weighted by Gasteiger charge is 2.16. The van der Waals surface area contributed by atoms with Gasteiger partial charge in [-0.25, -0.2) is 4.79 Å². The molecule has 0 aromatic heterocycles. The largest absolute Gasteiger partial charge is 0.451 e. The van der Waals surface area contributed by atoms with Gasteiger partial charge >= 0.3 is 5.97 Å². The normalized spacial score (nSPS) is 11.9. The van der Waals surface area contributed by atoms with E-state index in [4.69, 9.17) is 4.74 Å². The summed E-state index contributed by atoms with van der Waals surface area (Å²) in [4.78, 5) is 26.4. The van der Waals surface area contributed by atoms with Gasteiger partial charge in [-0.3, -0.25) is 4.79 Å². The van der Waals surface area contributed by atoms with Crippen LogP contribution in [0.2, 0.25) is 0 Å². The van der Waals surface area contributed by atoms with Gasteiger partial charge in [-0.2, -0.15) is 5.26 Å². The zero-order valence-electron chi connectivity index (χ0n) is 17.8. The van der Waals surface area contributed by atoms with Crippen molar-refractivity contribution in [1.29, 1.82) is 5.26 Å². The number of carbonyl (C=O) groups is 2. The SMILES string of the molecule is CC[C@H](NC(=O)COC(=O)/C(C#N)=C/c1ccc(N(C)C)cc1)c1ccc(C)cc1. The predicted molar refractivity (Wildman–Crippen MR) is 118 cm³/mol. The molecule has 2 aromatic carbocycles. The van der Waals surface area contributed by atoms with E-state index < -0.39 is 18.5 Å². The summed E-state index contributed by atoms with van der Waals surface area (Å²) in [5, 5.41) is 12.2. The monoisotopic (exact) mass is 405 g/mol. The number of hydrogen-bond donors (Lipinski definition) is 1. The van der Waals surface area contributed by atoms with Gasteiger partial charge in [0.2, 0.25) is 0 Å². The van der Waals surface area contributed by atoms with Crippen molar-refractivity contribution in [2.45, 2.75) is 26.3 Å². The van der Waals surface area contributed by atoms with Gasteiger partial charge in [0.1, 0.15) is 11.6 Å². The molecule has 6 heteroatoms. The fourth-order valence-corrected chi connectivity index (χ4v) is 2.84. The van der Waals surface area contributed by atoms with E-state index in [0.29, 0.717) is 12.0 Å². The lowest BCUT2D eigenvalue weighted by Crippen LogP contribution is -2.32. The molecule has 0 spiro atoms. The molecule has 2 rings (SSSR count). The molecule has 30 heavy (non-hydrogen) atoms. The van der Waals surface area contributed by atoms with E-state index in [-0.39, 0.29) is 11.6 Å². The number of nitrogens with zero attached hydrogens (tertiary/aromatic N) is 2. The van der Waals surface area contributed by atoms with E-state index >= 15 is 0 Å². The first-order valence-corrected chi connectivity index (χ1v) is 9.76. The Morgan fingerprint density at radius 3 is 2.30 bits per heavy atom. The van der Waals surface area contributed by atoms with Crippen molar-refractivity contribution in [2.24, 2.45) is 0 Å². The topological polar surface area (TPSA) is 82.4 Å². The van der Waals surface area contributed by atoms with Crippen LogP contribution in [0.5, 0.6) is 0 Å². The van der Waals surface area contributed by atoms with Crippen LogP contribution < -0.4 is 10.2 Å². The molecule has 0 aliphatic carbocycles. The summed E-state index contributed by atoms with van der Waals surface area (Å²) in [6.45, 7) is 3.52. The summed E-state index contributed by atoms with van der Waals surface area (Å²) in [5.41, 5.74) is 3.67. The summed E-state index contributed by atoms with van der Waals surface area (Å²) in [6.07, 6.45) is 2.15. The number of carbonyl (C=O) groups excluding carboxylic acids is 2. The number of nitriles is 1. The van der Waals surface area contributed by atoms with Gasteiger partial charge in [-0.1, -0.05) is 48.9 Å². The molecule has 1 N–H and O–H groups in total. The second-order valence-corrected chi connectivity index (χ2v) is 7.17. The summed E-state index contributed by atoms with van der Waals surface area (Å²) in [7, 11) is 3.85. The fraction of sp³-hybridized carbons (Fsp3) is 0.292. The predicted octanol–water partition coefficient (Wildman–Crippen LogP) is 3.78. The molecule has 1 amide bonds. The molecule has 0 saturated carbocycles. The highest BCUT2D eigenvalue weighted by molar-refractivity contribution is 5.98. The maximum Gasteiger partial charge on any atom is 0.349 e. The standard InChI is InChI=1S/C24H27N3O3/c1-5-22(19-10-6-17(2)7-11-19)26-23(28)16-30-24(29)20(15-25)14-18-8-12-21(13-9-18)27(3)4/h6-14,22H,5,16H2,1-4H3,(H,26,28)/b20-14+/t22-/m0/s1. The van der Waals surface area contributed by atoms with Crippen molar-refractivity contribution in [2.75, 3.05) is 25.6 Å². The van der Waals surface area contributed by atoms with Crippen molar-refractivity contribution in [3.8, 4) is 6.07 Å². The molecule has 0 radical (unpaired) electrons. The molecular weight excluding hydrogens is 378 g/mol. The second kappa shape index (κ2) is 10.8. The third-order valence-corrected chi connectivity index (χ3v) is 4.62. The smallest absolute Gasteiger partial charge is 0.349 e. The average Bonchev–Trinajstić information content (AvgIpc) is 2.75. The van der Waals surface area contributed by atoms with Gasteiger partial charge in [0.05, 0.1) is 6.04 Å². The molecule has 0 heterocycles. The number of benzene rings is 2. The zero-order chi connectivity index (χ0) is 22.1. The quantitative estimate of drug-likeness (QED) is 0.411. The Hall–Kier alpha value is -3.59. The van der Waals surface area contributed by atoms with Crippen molar-refractivity contribution >= 4 is 23.6 Å². The van der Waals surface area contributed by atoms with Crippen molar-refractivity contribution in [3.63, 3.8) is 0 Å². The molecule has 1 atom stereocenters. The third-order valence-electron chi connectivity index (χ3n) is 4.62. The van der Waals surface area contributed by atoms with Gasteiger partial charge in [-0.05, 0) is 42.7 Å². The van der Waals surface area contributed by atoms with E-state index in [1.807, 2.05) is 75.3 Å². The number of hydrogen-bond acceptors (Lipinski definition) is 5. The highest BCUT2D eigenvalue weighted by Crippen LogP contribution is 2.17. The number of esters is 1. The number of rotatable bonds is 8. The molecule has 2 aromatic rings. The minimum Gasteiger partial charge on any atom is -0.451 e. The Bertz CT molecular complexity index is 939. The zero-order valence-corrected chi connectivity index (χ0v) is 17.8. The van der Waals surface area contributed by atoms with Crippen LogP contribution in [0.4, 0.5) is 5.69 Å². The Morgan fingerprint density at radius 2 is 1.77 bits per heavy atom. The number of amides is 1. The maximum absolute atomic E-state index is 12.2. The van der Waals surface area contributed by atoms with Crippen LogP contribution in [0.25, 0.3) is 6.08 Å². The van der Waals surface area contributed by atoms with Crippen LogP contribution >= 0.6 is 0 Å². The summed E-state index contributed by atoms with van der Waals surface area (Å²) in [6, 6.07) is 17.0. The van der Waals surface area contributed by atoms with Gasteiger partial charge < -0.3 is 15.0 Å². The Morgan fingerprint density at radius 1 is 1.13 bits per heavy atom. The summed E-state index contributed by atoms with van der Waals surface area (Å²) >= 11 is 0. The molecule has 0 fully saturated rings. The van der Waals surface area contributed by atoms with E-state index in [2.05, 4.69) is 5.32 Å². The van der Waals surface area contributed by atoms with Crippen LogP contribution in [0.3, 0.4) is 0 Å². The number of ether oxygens (including phenoxy) is 1. The van der Waals surface area contributed by atoms with Crippen molar-refractivity contribution in [1.82, 2.24) is 5.32 Å². The molecule has 0 aliphatic rings. The van der Waals surface area contributed by atoms with Crippen LogP contribution in [0.15, 0.2) is 54.1 Å². The molecule has 0 saturated heterocycles. The van der Waals surface area contributed by atoms with Crippen LogP contribution in [0.1, 0.15) is 36.1 Å². The molecular formula is C24H27N3O3. The Kier molecular flexibility index (Phi) is 8.18. The average molecular weight is 405 g/mol. The lowest BCUT2D eigenvalue weighted by atomic mass is 10.0. The van der Waals surface area contributed by atoms with E-state index in [1.54, 1.807) is 12.1 Å². The van der Waals surface area contributed by atoms with E-state index in [9.17, 15) is 14.9 Å². The molecule has 0 bridgehead atoms. The van der Waals surface area contributed by atoms with Gasteiger partial charge in [-0.15, -0.1) is 0 Å². The van der Waals surface area contributed by atoms with Crippen LogP contribution in [0, 0.1) is 18.3 Å². The fourth-order valence-electron chi connectivity index (χ4n) is 2.84. The Balaban J connectivity index is 1.95. The van der Waals surface area contributed by atoms with Crippen molar-refractivity contribution in [3.05, 3.63) is 70.8 Å². The number of nitrogens with one attached hydrogen (secondary N) is 1. The molecule has 6 nitrogen and oxygen atoms in total. The maximum atomic E-state index is 12.2. The summed E-state index contributed by atoms with van der Waals surface area (Å²) in [5.74, 6) is -1.24. The van der Waals surface area contributed by atoms with Crippen molar-refractivity contribution < 1.29 is 14.3 Å². The molecule has 0 unspecified atom stereocenters. The second-order valence-electron chi connectivity index (χ2n) is 7.17. The first-order chi connectivity index (χ1) is 14.3. The van der Waals surface area contributed by atoms with E-state index in [0.717, 1.165) is 16.8 Å². The molecule has 0 aliphatic heterocycles. The number of aryl methyl sites for hydroxylation is 1. The lowest BCUT2D eigenvalue weighted by Gasteiger charge is -2.17. The lowest BCUT2D eigenvalue weighted by molar-refractivity contribution is -0.144. The van der Waals surface area contributed by atoms with Gasteiger partial charge in [0, 0.05) is 19.8 Å². The van der Waals surface area contributed by atoms with E-state index in [1.165, 1.54) is 6.08 Å². The summed E-state index contributed by atoms with van der Waals surface area (Å²) < 4.78 is 5.04. The third kappa shape index (κ3) is 6.49.